The summed E-state index contributed by atoms with van der Waals surface area (Å²) in [7, 11) is 0. The fraction of sp³-hybridized carbons (Fsp3) is 0.235. The topological polar surface area (TPSA) is 73.0 Å². The summed E-state index contributed by atoms with van der Waals surface area (Å²) in [5.41, 5.74) is 2.90. The SMILES string of the molecule is Cc1noc(C)c1CNc1cnn(Cc2ccccc2)c(=O)c1Cl. The summed E-state index contributed by atoms with van der Waals surface area (Å²) < 4.78 is 6.46. The molecule has 0 fully saturated rings. The van der Waals surface area contributed by atoms with Gasteiger partial charge < -0.3 is 9.84 Å². The van der Waals surface area contributed by atoms with Gasteiger partial charge in [0.2, 0.25) is 0 Å². The lowest BCUT2D eigenvalue weighted by molar-refractivity contribution is 0.392. The van der Waals surface area contributed by atoms with Crippen LogP contribution in [0, 0.1) is 13.8 Å². The molecule has 0 aliphatic rings. The van der Waals surface area contributed by atoms with Gasteiger partial charge in [-0.1, -0.05) is 47.1 Å². The molecule has 2 aromatic heterocycles. The number of hydrogen-bond acceptors (Lipinski definition) is 5. The standard InChI is InChI=1S/C17H17ClN4O2/c1-11-14(12(2)24-21-11)8-19-15-9-20-22(17(23)16(15)18)10-13-6-4-3-5-7-13/h3-7,9,19H,8,10H2,1-2H3. The van der Waals surface area contributed by atoms with Crippen molar-refractivity contribution in [1.82, 2.24) is 14.9 Å². The molecule has 0 saturated heterocycles. The maximum absolute atomic E-state index is 12.4. The van der Waals surface area contributed by atoms with Crippen LogP contribution >= 0.6 is 11.6 Å². The predicted molar refractivity (Wildman–Crippen MR) is 92.4 cm³/mol. The van der Waals surface area contributed by atoms with Crippen LogP contribution in [0.3, 0.4) is 0 Å². The summed E-state index contributed by atoms with van der Waals surface area (Å²) in [6.07, 6.45) is 1.56. The Hall–Kier alpha value is -2.60. The van der Waals surface area contributed by atoms with E-state index in [1.807, 2.05) is 44.2 Å². The van der Waals surface area contributed by atoms with Crippen LogP contribution in [-0.4, -0.2) is 14.9 Å². The molecule has 7 heteroatoms. The van der Waals surface area contributed by atoms with Gasteiger partial charge in [-0.3, -0.25) is 4.79 Å². The van der Waals surface area contributed by atoms with Crippen LogP contribution in [0.4, 0.5) is 5.69 Å². The van der Waals surface area contributed by atoms with Gasteiger partial charge in [-0.25, -0.2) is 4.68 Å². The van der Waals surface area contributed by atoms with E-state index in [0.717, 1.165) is 22.6 Å². The minimum Gasteiger partial charge on any atom is -0.378 e. The van der Waals surface area contributed by atoms with Gasteiger partial charge in [0, 0.05) is 12.1 Å². The van der Waals surface area contributed by atoms with E-state index in [4.69, 9.17) is 16.1 Å². The third-order valence-corrected chi connectivity index (χ3v) is 4.16. The number of aromatic nitrogens is 3. The molecule has 0 saturated carbocycles. The molecule has 0 aliphatic heterocycles. The number of nitrogens with zero attached hydrogens (tertiary/aromatic N) is 3. The Kier molecular flexibility index (Phi) is 4.66. The van der Waals surface area contributed by atoms with Crippen molar-refractivity contribution < 1.29 is 4.52 Å². The Bertz CT molecular complexity index is 883. The maximum atomic E-state index is 12.4. The average Bonchev–Trinajstić information content (AvgIpc) is 2.91. The molecule has 1 N–H and O–H groups in total. The quantitative estimate of drug-likeness (QED) is 0.769. The summed E-state index contributed by atoms with van der Waals surface area (Å²) >= 11 is 6.21. The van der Waals surface area contributed by atoms with Crippen molar-refractivity contribution in [1.29, 1.82) is 0 Å². The number of benzene rings is 1. The third-order valence-electron chi connectivity index (χ3n) is 3.80. The second-order valence-electron chi connectivity index (χ2n) is 5.48. The Balaban J connectivity index is 1.79. The number of anilines is 1. The van der Waals surface area contributed by atoms with Crippen molar-refractivity contribution in [2.75, 3.05) is 5.32 Å². The lowest BCUT2D eigenvalue weighted by Gasteiger charge is -2.10. The summed E-state index contributed by atoms with van der Waals surface area (Å²) in [4.78, 5) is 12.4. The van der Waals surface area contributed by atoms with Crippen LogP contribution in [0.5, 0.6) is 0 Å². The van der Waals surface area contributed by atoms with E-state index < -0.39 is 0 Å². The molecule has 1 aromatic carbocycles. The fourth-order valence-electron chi connectivity index (χ4n) is 2.40. The molecule has 0 aliphatic carbocycles. The Morgan fingerprint density at radius 3 is 2.67 bits per heavy atom. The molecule has 6 nitrogen and oxygen atoms in total. The third kappa shape index (κ3) is 3.33. The molecule has 24 heavy (non-hydrogen) atoms. The first kappa shape index (κ1) is 16.3. The highest BCUT2D eigenvalue weighted by Gasteiger charge is 2.12. The molecule has 0 amide bonds. The van der Waals surface area contributed by atoms with E-state index in [-0.39, 0.29) is 10.6 Å². The Morgan fingerprint density at radius 2 is 2.00 bits per heavy atom. The van der Waals surface area contributed by atoms with Crippen LogP contribution < -0.4 is 10.9 Å². The number of hydrogen-bond donors (Lipinski definition) is 1. The first-order chi connectivity index (χ1) is 11.6. The average molecular weight is 345 g/mol. The molecule has 0 radical (unpaired) electrons. The zero-order valence-electron chi connectivity index (χ0n) is 13.4. The highest BCUT2D eigenvalue weighted by atomic mass is 35.5. The van der Waals surface area contributed by atoms with Crippen LogP contribution in [0.2, 0.25) is 5.02 Å². The normalized spacial score (nSPS) is 10.8. The molecule has 3 rings (SSSR count). The van der Waals surface area contributed by atoms with Crippen molar-refractivity contribution in [3.05, 3.63) is 74.5 Å². The first-order valence-corrected chi connectivity index (χ1v) is 7.89. The largest absolute Gasteiger partial charge is 0.378 e. The van der Waals surface area contributed by atoms with Crippen LogP contribution in [0.25, 0.3) is 0 Å². The lowest BCUT2D eigenvalue weighted by Crippen LogP contribution is -2.24. The summed E-state index contributed by atoms with van der Waals surface area (Å²) in [5.74, 6) is 0.738. The summed E-state index contributed by atoms with van der Waals surface area (Å²) in [6, 6.07) is 9.63. The van der Waals surface area contributed by atoms with Crippen molar-refractivity contribution in [3.63, 3.8) is 0 Å². The van der Waals surface area contributed by atoms with Gasteiger partial charge in [0.1, 0.15) is 10.8 Å². The van der Waals surface area contributed by atoms with E-state index in [0.29, 0.717) is 18.8 Å². The molecule has 0 unspecified atom stereocenters. The minimum atomic E-state index is -0.329. The summed E-state index contributed by atoms with van der Waals surface area (Å²) in [6.45, 7) is 4.55. The fourth-order valence-corrected chi connectivity index (χ4v) is 2.61. The van der Waals surface area contributed by atoms with E-state index >= 15 is 0 Å². The molecule has 2 heterocycles. The molecule has 0 spiro atoms. The lowest BCUT2D eigenvalue weighted by atomic mass is 10.2. The molecular weight excluding hydrogens is 328 g/mol. The van der Waals surface area contributed by atoms with Gasteiger partial charge in [-0.15, -0.1) is 0 Å². The highest BCUT2D eigenvalue weighted by molar-refractivity contribution is 6.32. The monoisotopic (exact) mass is 344 g/mol. The van der Waals surface area contributed by atoms with Gasteiger partial charge in [-0.05, 0) is 19.4 Å². The molecule has 124 valence electrons. The van der Waals surface area contributed by atoms with Crippen LogP contribution in [0.15, 0.2) is 45.8 Å². The molecule has 3 aromatic rings. The van der Waals surface area contributed by atoms with Gasteiger partial charge in [-0.2, -0.15) is 5.10 Å². The number of rotatable bonds is 5. The van der Waals surface area contributed by atoms with E-state index in [2.05, 4.69) is 15.6 Å². The second kappa shape index (κ2) is 6.88. The zero-order valence-corrected chi connectivity index (χ0v) is 14.2. The Morgan fingerprint density at radius 1 is 1.25 bits per heavy atom. The number of nitrogens with one attached hydrogen (secondary N) is 1. The van der Waals surface area contributed by atoms with Gasteiger partial charge in [0.05, 0.1) is 24.1 Å². The second-order valence-corrected chi connectivity index (χ2v) is 5.85. The molecule has 0 bridgehead atoms. The van der Waals surface area contributed by atoms with E-state index in [1.165, 1.54) is 4.68 Å². The number of aryl methyl sites for hydroxylation is 2. The van der Waals surface area contributed by atoms with E-state index in [1.54, 1.807) is 6.20 Å². The summed E-state index contributed by atoms with van der Waals surface area (Å²) in [5, 5.41) is 11.3. The van der Waals surface area contributed by atoms with Crippen LogP contribution in [-0.2, 0) is 13.1 Å². The van der Waals surface area contributed by atoms with Crippen molar-refractivity contribution in [2.24, 2.45) is 0 Å². The van der Waals surface area contributed by atoms with Gasteiger partial charge in [0.15, 0.2) is 0 Å². The van der Waals surface area contributed by atoms with Crippen molar-refractivity contribution in [2.45, 2.75) is 26.9 Å². The molecular formula is C17H17ClN4O2. The molecule has 0 atom stereocenters. The minimum absolute atomic E-state index is 0.118. The zero-order chi connectivity index (χ0) is 17.1. The number of halogens is 1. The predicted octanol–water partition coefficient (Wildman–Crippen LogP) is 3.16. The van der Waals surface area contributed by atoms with Crippen molar-refractivity contribution >= 4 is 17.3 Å². The van der Waals surface area contributed by atoms with Gasteiger partial charge in [0.25, 0.3) is 5.56 Å². The van der Waals surface area contributed by atoms with E-state index in [9.17, 15) is 4.79 Å². The smallest absolute Gasteiger partial charge is 0.287 e. The Labute approximate surface area is 144 Å². The van der Waals surface area contributed by atoms with Gasteiger partial charge >= 0.3 is 0 Å². The highest BCUT2D eigenvalue weighted by Crippen LogP contribution is 2.19. The van der Waals surface area contributed by atoms with Crippen molar-refractivity contribution in [3.8, 4) is 0 Å². The first-order valence-electron chi connectivity index (χ1n) is 7.51. The maximum Gasteiger partial charge on any atom is 0.287 e. The van der Waals surface area contributed by atoms with Crippen LogP contribution in [0.1, 0.15) is 22.6 Å².